The van der Waals surface area contributed by atoms with Crippen molar-refractivity contribution in [2.75, 3.05) is 6.54 Å². The van der Waals surface area contributed by atoms with Crippen LogP contribution >= 0.6 is 0 Å². The first-order valence-electron chi connectivity index (χ1n) is 4.71. The van der Waals surface area contributed by atoms with Gasteiger partial charge >= 0.3 is 0 Å². The molecule has 0 spiro atoms. The van der Waals surface area contributed by atoms with Gasteiger partial charge in [0.25, 0.3) is 0 Å². The van der Waals surface area contributed by atoms with Crippen molar-refractivity contribution in [3.8, 4) is 0 Å². The average molecular weight is 169 g/mol. The molecular formula is C10H16FN. The third-order valence-corrected chi connectivity index (χ3v) is 2.88. The molecule has 1 saturated carbocycles. The molecule has 0 amide bonds. The Labute approximate surface area is 73.8 Å². The molecule has 1 aliphatic rings. The second kappa shape index (κ2) is 4.45. The van der Waals surface area contributed by atoms with Gasteiger partial charge in [-0.25, -0.2) is 11.0 Å². The normalized spacial score (nSPS) is 31.4. The zero-order valence-electron chi connectivity index (χ0n) is 7.59. The molecule has 0 aromatic carbocycles. The summed E-state index contributed by atoms with van der Waals surface area (Å²) in [7, 11) is 0. The van der Waals surface area contributed by atoms with Crippen LogP contribution in [0.4, 0.5) is 4.39 Å². The lowest BCUT2D eigenvalue weighted by molar-refractivity contribution is 0.246. The second-order valence-corrected chi connectivity index (χ2v) is 3.79. The Morgan fingerprint density at radius 2 is 2.33 bits per heavy atom. The van der Waals surface area contributed by atoms with Crippen molar-refractivity contribution in [1.82, 2.24) is 0 Å². The summed E-state index contributed by atoms with van der Waals surface area (Å²) in [6.07, 6.45) is 3.50. The van der Waals surface area contributed by atoms with Crippen LogP contribution in [0.2, 0.25) is 0 Å². The van der Waals surface area contributed by atoms with E-state index in [4.69, 9.17) is 6.57 Å². The third-order valence-electron chi connectivity index (χ3n) is 2.88. The smallest absolute Gasteiger partial charge is 0.214 e. The van der Waals surface area contributed by atoms with Gasteiger partial charge in [-0.15, -0.1) is 0 Å². The maximum Gasteiger partial charge on any atom is 0.214 e. The summed E-state index contributed by atoms with van der Waals surface area (Å²) in [6, 6.07) is 0. The minimum atomic E-state index is -0.650. The van der Waals surface area contributed by atoms with Crippen molar-refractivity contribution in [3.63, 3.8) is 0 Å². The van der Waals surface area contributed by atoms with Crippen molar-refractivity contribution in [2.24, 2.45) is 11.8 Å². The molecular weight excluding hydrogens is 153 g/mol. The lowest BCUT2D eigenvalue weighted by Gasteiger charge is -2.10. The van der Waals surface area contributed by atoms with E-state index in [1.54, 1.807) is 6.92 Å². The molecule has 68 valence electrons. The molecule has 0 aromatic heterocycles. The minimum Gasteiger partial charge on any atom is -0.317 e. The lowest BCUT2D eigenvalue weighted by Crippen LogP contribution is -2.08. The molecule has 0 N–H and O–H groups in total. The number of halogens is 1. The minimum absolute atomic E-state index is 0.278. The topological polar surface area (TPSA) is 4.36 Å². The average Bonchev–Trinajstić information content (AvgIpc) is 2.48. The third kappa shape index (κ3) is 2.48. The second-order valence-electron chi connectivity index (χ2n) is 3.79. The fourth-order valence-electron chi connectivity index (χ4n) is 2.04. The number of nitrogens with zero attached hydrogens (tertiary/aromatic N) is 1. The molecule has 0 bridgehead atoms. The molecule has 0 heterocycles. The number of hydrogen-bond donors (Lipinski definition) is 0. The van der Waals surface area contributed by atoms with E-state index in [-0.39, 0.29) is 5.92 Å². The van der Waals surface area contributed by atoms with Crippen LogP contribution in [0.25, 0.3) is 4.85 Å². The Morgan fingerprint density at radius 3 is 2.83 bits per heavy atom. The molecule has 3 atom stereocenters. The van der Waals surface area contributed by atoms with Gasteiger partial charge in [-0.05, 0) is 38.0 Å². The summed E-state index contributed by atoms with van der Waals surface area (Å²) in [4.78, 5) is 3.33. The molecule has 1 nitrogen and oxygen atoms in total. The summed E-state index contributed by atoms with van der Waals surface area (Å²) in [5, 5.41) is 0. The summed E-state index contributed by atoms with van der Waals surface area (Å²) >= 11 is 0. The highest BCUT2D eigenvalue weighted by molar-refractivity contribution is 4.80. The van der Waals surface area contributed by atoms with Crippen LogP contribution in [-0.4, -0.2) is 12.7 Å². The molecule has 0 radical (unpaired) electrons. The van der Waals surface area contributed by atoms with E-state index in [1.165, 1.54) is 0 Å². The van der Waals surface area contributed by atoms with Gasteiger partial charge in [0, 0.05) is 6.42 Å². The van der Waals surface area contributed by atoms with Gasteiger partial charge in [0.1, 0.15) is 6.17 Å². The van der Waals surface area contributed by atoms with E-state index >= 15 is 0 Å². The summed E-state index contributed by atoms with van der Waals surface area (Å²) < 4.78 is 12.8. The first-order valence-corrected chi connectivity index (χ1v) is 4.71. The van der Waals surface area contributed by atoms with E-state index in [2.05, 4.69) is 4.85 Å². The van der Waals surface area contributed by atoms with Gasteiger partial charge < -0.3 is 4.85 Å². The van der Waals surface area contributed by atoms with E-state index < -0.39 is 6.17 Å². The van der Waals surface area contributed by atoms with Crippen LogP contribution in [0.15, 0.2) is 0 Å². The summed E-state index contributed by atoms with van der Waals surface area (Å²) in [5.74, 6) is 0.906. The van der Waals surface area contributed by atoms with Crippen molar-refractivity contribution in [1.29, 1.82) is 0 Å². The van der Waals surface area contributed by atoms with Crippen molar-refractivity contribution in [2.45, 2.75) is 38.8 Å². The van der Waals surface area contributed by atoms with Gasteiger partial charge in [-0.3, -0.25) is 0 Å². The maximum absolute atomic E-state index is 12.8. The quantitative estimate of drug-likeness (QED) is 0.572. The highest BCUT2D eigenvalue weighted by atomic mass is 19.1. The van der Waals surface area contributed by atoms with Crippen LogP contribution in [0.3, 0.4) is 0 Å². The molecule has 0 aromatic rings. The van der Waals surface area contributed by atoms with Gasteiger partial charge in [0.15, 0.2) is 0 Å². The lowest BCUT2D eigenvalue weighted by atomic mass is 9.99. The standard InChI is InChI=1S/C10H16FN/c1-8(11)10-4-3-9(7-10)5-6-12-2/h8-10H,3-7H2,1H3. The number of alkyl halides is 1. The van der Waals surface area contributed by atoms with E-state index in [0.29, 0.717) is 12.5 Å². The van der Waals surface area contributed by atoms with Gasteiger partial charge in [0.05, 0.1) is 0 Å². The Bertz CT molecular complexity index is 171. The molecule has 1 fully saturated rings. The predicted octanol–water partition coefficient (Wildman–Crippen LogP) is 3.07. The van der Waals surface area contributed by atoms with E-state index in [0.717, 1.165) is 25.7 Å². The van der Waals surface area contributed by atoms with E-state index in [9.17, 15) is 4.39 Å². The largest absolute Gasteiger partial charge is 0.317 e. The Morgan fingerprint density at radius 1 is 1.58 bits per heavy atom. The van der Waals surface area contributed by atoms with Crippen LogP contribution in [0, 0.1) is 18.4 Å². The number of rotatable bonds is 3. The molecule has 0 saturated heterocycles. The van der Waals surface area contributed by atoms with Crippen molar-refractivity contribution in [3.05, 3.63) is 11.4 Å². The van der Waals surface area contributed by atoms with Crippen LogP contribution in [0.1, 0.15) is 32.6 Å². The summed E-state index contributed by atoms with van der Waals surface area (Å²) in [5.41, 5.74) is 0. The Hall–Kier alpha value is -0.580. The van der Waals surface area contributed by atoms with Crippen LogP contribution in [0.5, 0.6) is 0 Å². The zero-order valence-corrected chi connectivity index (χ0v) is 7.59. The fourth-order valence-corrected chi connectivity index (χ4v) is 2.04. The zero-order chi connectivity index (χ0) is 8.97. The number of hydrogen-bond acceptors (Lipinski definition) is 0. The van der Waals surface area contributed by atoms with Crippen molar-refractivity contribution < 1.29 is 4.39 Å². The molecule has 2 heteroatoms. The molecule has 1 rings (SSSR count). The van der Waals surface area contributed by atoms with Gasteiger partial charge in [-0.1, -0.05) is 0 Å². The molecule has 1 aliphatic carbocycles. The van der Waals surface area contributed by atoms with Crippen molar-refractivity contribution >= 4 is 0 Å². The summed E-state index contributed by atoms with van der Waals surface area (Å²) in [6.45, 7) is 8.93. The monoisotopic (exact) mass is 169 g/mol. The van der Waals surface area contributed by atoms with E-state index in [1.807, 2.05) is 0 Å². The van der Waals surface area contributed by atoms with Gasteiger partial charge in [0.2, 0.25) is 6.54 Å². The first kappa shape index (κ1) is 9.51. The molecule has 12 heavy (non-hydrogen) atoms. The fraction of sp³-hybridized carbons (Fsp3) is 0.900. The predicted molar refractivity (Wildman–Crippen MR) is 47.5 cm³/mol. The Kier molecular flexibility index (Phi) is 3.52. The first-order chi connectivity index (χ1) is 5.74. The SMILES string of the molecule is [C-]#[N+]CCC1CCC(C(C)F)C1. The highest BCUT2D eigenvalue weighted by Gasteiger charge is 2.28. The highest BCUT2D eigenvalue weighted by Crippen LogP contribution is 2.35. The molecule has 3 unspecified atom stereocenters. The Balaban J connectivity index is 2.22. The molecule has 0 aliphatic heterocycles. The van der Waals surface area contributed by atoms with Gasteiger partial charge in [-0.2, -0.15) is 0 Å². The van der Waals surface area contributed by atoms with Crippen LogP contribution in [-0.2, 0) is 0 Å². The maximum atomic E-state index is 12.8. The van der Waals surface area contributed by atoms with Crippen LogP contribution < -0.4 is 0 Å².